The lowest BCUT2D eigenvalue weighted by molar-refractivity contribution is 0.263. The maximum Gasteiger partial charge on any atom is 0.142 e. The van der Waals surface area contributed by atoms with Crippen LogP contribution in [-0.4, -0.2) is 13.1 Å². The summed E-state index contributed by atoms with van der Waals surface area (Å²) in [7, 11) is 1.99. The van der Waals surface area contributed by atoms with Crippen molar-refractivity contribution in [2.24, 2.45) is 5.41 Å². The van der Waals surface area contributed by atoms with Crippen molar-refractivity contribution >= 4 is 11.6 Å². The summed E-state index contributed by atoms with van der Waals surface area (Å²) in [6.45, 7) is 6.68. The average molecular weight is 272 g/mol. The molecule has 0 aliphatic heterocycles. The number of halogens is 2. The molecule has 1 atom stereocenters. The fourth-order valence-corrected chi connectivity index (χ4v) is 2.47. The number of benzene rings is 1. The Morgan fingerprint density at radius 2 is 2.00 bits per heavy atom. The minimum atomic E-state index is -0.324. The van der Waals surface area contributed by atoms with Crippen molar-refractivity contribution in [2.45, 2.75) is 46.1 Å². The Kier molecular flexibility index (Phi) is 5.61. The van der Waals surface area contributed by atoms with Gasteiger partial charge in [-0.05, 0) is 43.4 Å². The molecule has 3 heteroatoms. The van der Waals surface area contributed by atoms with Crippen molar-refractivity contribution in [2.75, 3.05) is 7.05 Å². The summed E-state index contributed by atoms with van der Waals surface area (Å²) < 4.78 is 13.3. The van der Waals surface area contributed by atoms with Crippen molar-refractivity contribution in [3.8, 4) is 0 Å². The number of hydrogen-bond acceptors (Lipinski definition) is 1. The third-order valence-electron chi connectivity index (χ3n) is 3.36. The molecule has 1 rings (SSSR count). The molecule has 0 radical (unpaired) electrons. The van der Waals surface area contributed by atoms with Crippen LogP contribution in [0.25, 0.3) is 0 Å². The molecule has 18 heavy (non-hydrogen) atoms. The highest BCUT2D eigenvalue weighted by molar-refractivity contribution is 6.31. The fraction of sp³-hybridized carbons (Fsp3) is 0.600. The lowest BCUT2D eigenvalue weighted by Crippen LogP contribution is -2.37. The van der Waals surface area contributed by atoms with E-state index >= 15 is 0 Å². The number of nitrogens with one attached hydrogen (secondary N) is 1. The van der Waals surface area contributed by atoms with Gasteiger partial charge in [-0.2, -0.15) is 0 Å². The quantitative estimate of drug-likeness (QED) is 0.835. The number of aryl methyl sites for hydroxylation is 1. The summed E-state index contributed by atoms with van der Waals surface area (Å²) in [5.41, 5.74) is 1.14. The Bertz CT molecular complexity index is 385. The molecule has 1 N–H and O–H groups in total. The molecule has 0 aliphatic rings. The zero-order valence-corrected chi connectivity index (χ0v) is 12.4. The first kappa shape index (κ1) is 15.5. The van der Waals surface area contributed by atoms with Crippen LogP contribution in [0.15, 0.2) is 18.2 Å². The van der Waals surface area contributed by atoms with E-state index in [1.54, 1.807) is 6.07 Å². The molecule has 0 fully saturated rings. The highest BCUT2D eigenvalue weighted by Crippen LogP contribution is 2.25. The molecular formula is C15H23ClFN. The van der Waals surface area contributed by atoms with Crippen molar-refractivity contribution in [1.82, 2.24) is 5.32 Å². The zero-order chi connectivity index (χ0) is 13.8. The molecule has 0 heterocycles. The summed E-state index contributed by atoms with van der Waals surface area (Å²) in [6.07, 6.45) is 2.89. The molecule has 0 spiro atoms. The molecule has 1 aromatic carbocycles. The van der Waals surface area contributed by atoms with Crippen molar-refractivity contribution < 1.29 is 4.39 Å². The predicted octanol–water partition coefficient (Wildman–Crippen LogP) is 4.44. The number of rotatable bonds is 5. The Morgan fingerprint density at radius 1 is 1.33 bits per heavy atom. The lowest BCUT2D eigenvalue weighted by Gasteiger charge is -2.30. The van der Waals surface area contributed by atoms with Crippen molar-refractivity contribution in [1.29, 1.82) is 0 Å². The normalized spacial score (nSPS) is 13.7. The van der Waals surface area contributed by atoms with Crippen LogP contribution in [0.1, 0.15) is 39.2 Å². The largest absolute Gasteiger partial charge is 0.316 e. The van der Waals surface area contributed by atoms with Gasteiger partial charge in [0.2, 0.25) is 0 Å². The van der Waals surface area contributed by atoms with E-state index in [4.69, 9.17) is 11.6 Å². The van der Waals surface area contributed by atoms with Crippen molar-refractivity contribution in [3.63, 3.8) is 0 Å². The van der Waals surface area contributed by atoms with E-state index in [0.29, 0.717) is 6.04 Å². The Hall–Kier alpha value is -0.600. The van der Waals surface area contributed by atoms with Gasteiger partial charge in [0.1, 0.15) is 5.82 Å². The second-order valence-electron chi connectivity index (χ2n) is 5.81. The fourth-order valence-electron chi connectivity index (χ4n) is 2.25. The van der Waals surface area contributed by atoms with Gasteiger partial charge in [-0.1, -0.05) is 44.5 Å². The summed E-state index contributed by atoms with van der Waals surface area (Å²) in [4.78, 5) is 0. The maximum atomic E-state index is 13.3. The van der Waals surface area contributed by atoms with Crippen LogP contribution in [0.3, 0.4) is 0 Å². The predicted molar refractivity (Wildman–Crippen MR) is 76.7 cm³/mol. The monoisotopic (exact) mass is 271 g/mol. The zero-order valence-electron chi connectivity index (χ0n) is 11.7. The van der Waals surface area contributed by atoms with E-state index in [1.165, 1.54) is 6.07 Å². The Balaban J connectivity index is 2.53. The van der Waals surface area contributed by atoms with Gasteiger partial charge in [0.25, 0.3) is 0 Å². The highest BCUT2D eigenvalue weighted by Gasteiger charge is 2.22. The summed E-state index contributed by atoms with van der Waals surface area (Å²) in [6, 6.07) is 5.48. The molecule has 1 unspecified atom stereocenters. The van der Waals surface area contributed by atoms with E-state index in [1.807, 2.05) is 13.1 Å². The van der Waals surface area contributed by atoms with Gasteiger partial charge in [-0.25, -0.2) is 4.39 Å². The van der Waals surface area contributed by atoms with Crippen LogP contribution in [-0.2, 0) is 6.42 Å². The van der Waals surface area contributed by atoms with Gasteiger partial charge in [0, 0.05) is 6.04 Å². The van der Waals surface area contributed by atoms with E-state index < -0.39 is 0 Å². The minimum Gasteiger partial charge on any atom is -0.316 e. The second kappa shape index (κ2) is 6.53. The molecule has 0 bridgehead atoms. The van der Waals surface area contributed by atoms with Crippen LogP contribution in [0.5, 0.6) is 0 Å². The van der Waals surface area contributed by atoms with Gasteiger partial charge in [0.15, 0.2) is 0 Å². The standard InChI is InChI=1S/C15H23ClFN/c1-15(2,3)13(18-4)10-6-8-11-7-5-9-12(17)14(11)16/h5,7,9,13,18H,6,8,10H2,1-4H3. The SMILES string of the molecule is CNC(CCCc1cccc(F)c1Cl)C(C)(C)C. The maximum absolute atomic E-state index is 13.3. The highest BCUT2D eigenvalue weighted by atomic mass is 35.5. The first-order valence-corrected chi connectivity index (χ1v) is 6.84. The van der Waals surface area contributed by atoms with Gasteiger partial charge >= 0.3 is 0 Å². The van der Waals surface area contributed by atoms with Gasteiger partial charge < -0.3 is 5.32 Å². The summed E-state index contributed by atoms with van der Waals surface area (Å²) in [5.74, 6) is -0.324. The molecule has 0 aromatic heterocycles. The van der Waals surface area contributed by atoms with E-state index in [0.717, 1.165) is 24.8 Å². The van der Waals surface area contributed by atoms with Crippen molar-refractivity contribution in [3.05, 3.63) is 34.6 Å². The van der Waals surface area contributed by atoms with E-state index in [9.17, 15) is 4.39 Å². The lowest BCUT2D eigenvalue weighted by atomic mass is 9.83. The average Bonchev–Trinajstić information content (AvgIpc) is 2.28. The Morgan fingerprint density at radius 3 is 2.56 bits per heavy atom. The molecule has 1 nitrogen and oxygen atoms in total. The smallest absolute Gasteiger partial charge is 0.142 e. The van der Waals surface area contributed by atoms with Gasteiger partial charge in [-0.15, -0.1) is 0 Å². The topological polar surface area (TPSA) is 12.0 Å². The third-order valence-corrected chi connectivity index (χ3v) is 3.79. The first-order chi connectivity index (χ1) is 8.36. The first-order valence-electron chi connectivity index (χ1n) is 6.46. The molecule has 0 amide bonds. The van der Waals surface area contributed by atoms with E-state index in [-0.39, 0.29) is 16.3 Å². The molecule has 102 valence electrons. The van der Waals surface area contributed by atoms with Crippen LogP contribution >= 0.6 is 11.6 Å². The molecular weight excluding hydrogens is 249 g/mol. The van der Waals surface area contributed by atoms with E-state index in [2.05, 4.69) is 26.1 Å². The van der Waals surface area contributed by atoms with Crippen LogP contribution in [0.2, 0.25) is 5.02 Å². The number of hydrogen-bond donors (Lipinski definition) is 1. The van der Waals surface area contributed by atoms with Gasteiger partial charge in [0.05, 0.1) is 5.02 Å². The summed E-state index contributed by atoms with van der Waals surface area (Å²) >= 11 is 5.94. The molecule has 0 saturated heterocycles. The minimum absolute atomic E-state index is 0.237. The van der Waals surface area contributed by atoms with Crippen LogP contribution in [0, 0.1) is 11.2 Å². The molecule has 0 aliphatic carbocycles. The second-order valence-corrected chi connectivity index (χ2v) is 6.19. The Labute approximate surface area is 115 Å². The third kappa shape index (κ3) is 4.25. The molecule has 0 saturated carbocycles. The van der Waals surface area contributed by atoms with Crippen LogP contribution in [0.4, 0.5) is 4.39 Å². The summed E-state index contributed by atoms with van der Waals surface area (Å²) in [5, 5.41) is 3.62. The molecule has 1 aromatic rings. The van der Waals surface area contributed by atoms with Crippen LogP contribution < -0.4 is 5.32 Å². The van der Waals surface area contributed by atoms with Gasteiger partial charge in [-0.3, -0.25) is 0 Å².